The Bertz CT molecular complexity index is 1100. The van der Waals surface area contributed by atoms with Gasteiger partial charge < -0.3 is 19.1 Å². The van der Waals surface area contributed by atoms with Gasteiger partial charge in [0.1, 0.15) is 6.10 Å². The number of hydrogen-bond donors (Lipinski definition) is 0. The van der Waals surface area contributed by atoms with Crippen LogP contribution in [0.25, 0.3) is 17.0 Å². The number of para-hydroxylation sites is 1. The number of hydrogen-bond acceptors (Lipinski definition) is 5. The second-order valence-corrected chi connectivity index (χ2v) is 7.10. The van der Waals surface area contributed by atoms with Crippen LogP contribution in [-0.2, 0) is 4.79 Å². The maximum Gasteiger partial charge on any atom is 0.246 e. The van der Waals surface area contributed by atoms with Crippen molar-refractivity contribution in [1.82, 2.24) is 9.88 Å². The lowest BCUT2D eigenvalue weighted by Crippen LogP contribution is -2.29. The number of aromatic nitrogens is 1. The van der Waals surface area contributed by atoms with Crippen LogP contribution in [0.2, 0.25) is 0 Å². The van der Waals surface area contributed by atoms with Gasteiger partial charge in [0.2, 0.25) is 18.6 Å². The first-order valence-electron chi connectivity index (χ1n) is 9.64. The zero-order chi connectivity index (χ0) is 19.6. The van der Waals surface area contributed by atoms with Gasteiger partial charge in [0.15, 0.2) is 11.5 Å². The second-order valence-electron chi connectivity index (χ2n) is 7.10. The molecule has 0 saturated carbocycles. The SMILES string of the molecule is O=C(/C=C/c1ccc2c(c1)OCO2)N1CCC(Oc2ccc3ccccc3n2)C1. The smallest absolute Gasteiger partial charge is 0.246 e. The number of nitrogens with zero attached hydrogens (tertiary/aromatic N) is 2. The van der Waals surface area contributed by atoms with Crippen molar-refractivity contribution in [1.29, 1.82) is 0 Å². The Morgan fingerprint density at radius 3 is 2.97 bits per heavy atom. The van der Waals surface area contributed by atoms with Crippen molar-refractivity contribution in [2.75, 3.05) is 19.9 Å². The van der Waals surface area contributed by atoms with E-state index in [1.54, 1.807) is 17.1 Å². The predicted octanol–water partition coefficient (Wildman–Crippen LogP) is 3.66. The maximum atomic E-state index is 12.5. The average molecular weight is 388 g/mol. The number of benzene rings is 2. The Morgan fingerprint density at radius 2 is 2.00 bits per heavy atom. The molecule has 5 rings (SSSR count). The van der Waals surface area contributed by atoms with E-state index in [9.17, 15) is 4.79 Å². The van der Waals surface area contributed by atoms with Crippen LogP contribution in [0.4, 0.5) is 0 Å². The molecule has 0 aliphatic carbocycles. The van der Waals surface area contributed by atoms with Crippen molar-refractivity contribution < 1.29 is 19.0 Å². The minimum atomic E-state index is -0.0495. The van der Waals surface area contributed by atoms with E-state index in [1.165, 1.54) is 0 Å². The summed E-state index contributed by atoms with van der Waals surface area (Å²) in [6, 6.07) is 17.4. The monoisotopic (exact) mass is 388 g/mol. The fourth-order valence-corrected chi connectivity index (χ4v) is 3.60. The van der Waals surface area contributed by atoms with Gasteiger partial charge in [0.25, 0.3) is 0 Å². The number of carbonyl (C=O) groups excluding carboxylic acids is 1. The first-order chi connectivity index (χ1) is 14.2. The number of ether oxygens (including phenoxy) is 3. The van der Waals surface area contributed by atoms with Crippen LogP contribution in [0, 0.1) is 0 Å². The average Bonchev–Trinajstić information content (AvgIpc) is 3.41. The number of pyridine rings is 1. The molecule has 0 bridgehead atoms. The molecule has 1 saturated heterocycles. The molecular formula is C23H20N2O4. The molecule has 29 heavy (non-hydrogen) atoms. The molecule has 1 fully saturated rings. The maximum absolute atomic E-state index is 12.5. The predicted molar refractivity (Wildman–Crippen MR) is 109 cm³/mol. The third-order valence-electron chi connectivity index (χ3n) is 5.13. The van der Waals surface area contributed by atoms with Crippen LogP contribution in [-0.4, -0.2) is 41.8 Å². The first kappa shape index (κ1) is 17.6. The molecule has 146 valence electrons. The molecule has 1 amide bonds. The van der Waals surface area contributed by atoms with E-state index in [2.05, 4.69) is 4.98 Å². The molecule has 0 radical (unpaired) electrons. The van der Waals surface area contributed by atoms with E-state index >= 15 is 0 Å². The van der Waals surface area contributed by atoms with Gasteiger partial charge in [-0.25, -0.2) is 4.98 Å². The van der Waals surface area contributed by atoms with E-state index in [0.29, 0.717) is 24.7 Å². The molecule has 3 heterocycles. The van der Waals surface area contributed by atoms with E-state index in [1.807, 2.05) is 54.6 Å². The summed E-state index contributed by atoms with van der Waals surface area (Å²) in [6.45, 7) is 1.46. The summed E-state index contributed by atoms with van der Waals surface area (Å²) >= 11 is 0. The van der Waals surface area contributed by atoms with Crippen molar-refractivity contribution >= 4 is 22.9 Å². The zero-order valence-electron chi connectivity index (χ0n) is 15.8. The fraction of sp³-hybridized carbons (Fsp3) is 0.217. The van der Waals surface area contributed by atoms with Crippen molar-refractivity contribution in [3.8, 4) is 17.4 Å². The van der Waals surface area contributed by atoms with E-state index < -0.39 is 0 Å². The Labute approximate surface area is 168 Å². The van der Waals surface area contributed by atoms with Gasteiger partial charge in [-0.15, -0.1) is 0 Å². The summed E-state index contributed by atoms with van der Waals surface area (Å²) in [5.41, 5.74) is 1.80. The van der Waals surface area contributed by atoms with Crippen LogP contribution >= 0.6 is 0 Å². The lowest BCUT2D eigenvalue weighted by atomic mass is 10.2. The van der Waals surface area contributed by atoms with Gasteiger partial charge >= 0.3 is 0 Å². The van der Waals surface area contributed by atoms with E-state index in [4.69, 9.17) is 14.2 Å². The molecule has 3 aromatic rings. The van der Waals surface area contributed by atoms with Crippen molar-refractivity contribution in [2.45, 2.75) is 12.5 Å². The minimum absolute atomic E-state index is 0.0276. The van der Waals surface area contributed by atoms with Gasteiger partial charge in [-0.3, -0.25) is 4.79 Å². The minimum Gasteiger partial charge on any atom is -0.472 e. The molecule has 1 aromatic heterocycles. The van der Waals surface area contributed by atoms with Crippen molar-refractivity contribution in [2.24, 2.45) is 0 Å². The van der Waals surface area contributed by atoms with Crippen LogP contribution in [0.15, 0.2) is 60.7 Å². The molecule has 0 N–H and O–H groups in total. The number of amides is 1. The van der Waals surface area contributed by atoms with Gasteiger partial charge in [0.05, 0.1) is 12.1 Å². The Hall–Kier alpha value is -3.54. The highest BCUT2D eigenvalue weighted by Gasteiger charge is 2.26. The highest BCUT2D eigenvalue weighted by Crippen LogP contribution is 2.32. The zero-order valence-corrected chi connectivity index (χ0v) is 15.8. The van der Waals surface area contributed by atoms with Gasteiger partial charge in [0, 0.05) is 30.5 Å². The lowest BCUT2D eigenvalue weighted by Gasteiger charge is -2.15. The quantitative estimate of drug-likeness (QED) is 0.639. The van der Waals surface area contributed by atoms with E-state index in [0.717, 1.165) is 28.6 Å². The molecule has 6 nitrogen and oxygen atoms in total. The Kier molecular flexibility index (Phi) is 4.52. The van der Waals surface area contributed by atoms with Crippen molar-refractivity contribution in [3.05, 3.63) is 66.2 Å². The highest BCUT2D eigenvalue weighted by atomic mass is 16.7. The second kappa shape index (κ2) is 7.47. The molecule has 1 atom stereocenters. The number of fused-ring (bicyclic) bond motifs is 2. The fourth-order valence-electron chi connectivity index (χ4n) is 3.60. The third-order valence-corrected chi connectivity index (χ3v) is 5.13. The summed E-state index contributed by atoms with van der Waals surface area (Å²) in [5, 5.41) is 1.08. The molecular weight excluding hydrogens is 368 g/mol. The lowest BCUT2D eigenvalue weighted by molar-refractivity contribution is -0.125. The molecule has 2 aliphatic heterocycles. The summed E-state index contributed by atoms with van der Waals surface area (Å²) in [7, 11) is 0. The van der Waals surface area contributed by atoms with E-state index in [-0.39, 0.29) is 18.8 Å². The Morgan fingerprint density at radius 1 is 1.10 bits per heavy atom. The van der Waals surface area contributed by atoms with Crippen LogP contribution in [0.1, 0.15) is 12.0 Å². The van der Waals surface area contributed by atoms with Crippen molar-refractivity contribution in [3.63, 3.8) is 0 Å². The normalized spacial score (nSPS) is 17.9. The topological polar surface area (TPSA) is 60.9 Å². The van der Waals surface area contributed by atoms with Gasteiger partial charge in [-0.2, -0.15) is 0 Å². The van der Waals surface area contributed by atoms with Gasteiger partial charge in [-0.1, -0.05) is 24.3 Å². The number of likely N-dealkylation sites (tertiary alicyclic amines) is 1. The standard InChI is InChI=1S/C23H20N2O4/c26-23(10-6-16-5-8-20-21(13-16)28-15-27-20)25-12-11-18(14-25)29-22-9-7-17-3-1-2-4-19(17)24-22/h1-10,13,18H,11-12,14-15H2/b10-6+. The van der Waals surface area contributed by atoms with Crippen LogP contribution in [0.5, 0.6) is 17.4 Å². The first-order valence-corrected chi connectivity index (χ1v) is 9.64. The summed E-state index contributed by atoms with van der Waals surface area (Å²) in [5.74, 6) is 2.01. The molecule has 1 unspecified atom stereocenters. The molecule has 2 aromatic carbocycles. The third kappa shape index (κ3) is 3.74. The number of carbonyl (C=O) groups is 1. The summed E-state index contributed by atoms with van der Waals surface area (Å²) in [6.07, 6.45) is 4.13. The largest absolute Gasteiger partial charge is 0.472 e. The molecule has 0 spiro atoms. The highest BCUT2D eigenvalue weighted by molar-refractivity contribution is 5.92. The van der Waals surface area contributed by atoms with Crippen LogP contribution < -0.4 is 14.2 Å². The Balaban J connectivity index is 1.20. The summed E-state index contributed by atoms with van der Waals surface area (Å²) < 4.78 is 16.7. The van der Waals surface area contributed by atoms with Gasteiger partial charge in [-0.05, 0) is 35.9 Å². The molecule has 2 aliphatic rings. The van der Waals surface area contributed by atoms with Crippen LogP contribution in [0.3, 0.4) is 0 Å². The summed E-state index contributed by atoms with van der Waals surface area (Å²) in [4.78, 5) is 18.9. The number of rotatable bonds is 4. The molecule has 6 heteroatoms.